The molecule has 0 aliphatic heterocycles. The van der Waals surface area contributed by atoms with Crippen LogP contribution in [0.4, 0.5) is 0 Å². The van der Waals surface area contributed by atoms with E-state index in [2.05, 4.69) is 54.5 Å². The molecule has 9 atom stereocenters. The molecule has 1 aromatic rings. The number of carboxylic acids is 1. The summed E-state index contributed by atoms with van der Waals surface area (Å²) in [6, 6.07) is 6.92. The average Bonchev–Trinajstić information content (AvgIpc) is 2.96. The Labute approximate surface area is 263 Å². The van der Waals surface area contributed by atoms with Gasteiger partial charge in [-0.05, 0) is 116 Å². The molecule has 0 amide bonds. The number of allylic oxidation sites excluding steroid dienone is 2. The van der Waals surface area contributed by atoms with Crippen molar-refractivity contribution in [1.82, 2.24) is 0 Å². The van der Waals surface area contributed by atoms with Crippen molar-refractivity contribution in [2.24, 2.45) is 50.2 Å². The summed E-state index contributed by atoms with van der Waals surface area (Å²) in [6.07, 6.45) is 10.3. The van der Waals surface area contributed by atoms with Crippen LogP contribution in [0, 0.1) is 50.2 Å². The van der Waals surface area contributed by atoms with Crippen molar-refractivity contribution in [2.45, 2.75) is 112 Å². The predicted molar refractivity (Wildman–Crippen MR) is 169 cm³/mol. The number of benzene rings is 1. The summed E-state index contributed by atoms with van der Waals surface area (Å²) in [5, 5.41) is 9.77. The summed E-state index contributed by atoms with van der Waals surface area (Å²) in [7, 11) is 1.49. The molecule has 4 fully saturated rings. The quantitative estimate of drug-likeness (QED) is 0.348. The number of ketones is 1. The molecule has 44 heavy (non-hydrogen) atoms. The monoisotopic (exact) mass is 604 g/mol. The summed E-state index contributed by atoms with van der Waals surface area (Å²) >= 11 is 0. The van der Waals surface area contributed by atoms with Gasteiger partial charge in [-0.1, -0.05) is 59.2 Å². The summed E-state index contributed by atoms with van der Waals surface area (Å²) in [5.74, 6) is -0.0443. The van der Waals surface area contributed by atoms with Crippen LogP contribution in [-0.2, 0) is 14.3 Å². The van der Waals surface area contributed by atoms with Crippen molar-refractivity contribution in [2.75, 3.05) is 7.11 Å². The van der Waals surface area contributed by atoms with Crippen molar-refractivity contribution in [3.63, 3.8) is 0 Å². The number of para-hydroxylation sites is 1. The molecule has 5 aliphatic carbocycles. The van der Waals surface area contributed by atoms with Gasteiger partial charge in [0.2, 0.25) is 0 Å². The highest BCUT2D eigenvalue weighted by atomic mass is 16.5. The van der Waals surface area contributed by atoms with Gasteiger partial charge in [-0.2, -0.15) is 0 Å². The van der Waals surface area contributed by atoms with E-state index in [-0.39, 0.29) is 68.2 Å². The van der Waals surface area contributed by atoms with Crippen molar-refractivity contribution in [3.05, 3.63) is 41.5 Å². The maximum absolute atomic E-state index is 14.7. The number of carbonyl (C=O) groups is 3. The molecule has 1 aromatic carbocycles. The lowest BCUT2D eigenvalue weighted by atomic mass is 9.33. The predicted octanol–water partition coefficient (Wildman–Crippen LogP) is 8.29. The number of carboxylic acid groups (broad SMARTS) is 1. The van der Waals surface area contributed by atoms with Crippen molar-refractivity contribution in [3.8, 4) is 5.75 Å². The largest absolute Gasteiger partial charge is 0.489 e. The molecule has 0 spiro atoms. The molecule has 4 saturated carbocycles. The van der Waals surface area contributed by atoms with E-state index in [1.54, 1.807) is 18.2 Å². The zero-order valence-corrected chi connectivity index (χ0v) is 28.0. The van der Waals surface area contributed by atoms with E-state index in [1.807, 2.05) is 6.07 Å². The van der Waals surface area contributed by atoms with E-state index in [9.17, 15) is 19.5 Å². The van der Waals surface area contributed by atoms with Gasteiger partial charge < -0.3 is 14.6 Å². The topological polar surface area (TPSA) is 89.9 Å². The van der Waals surface area contributed by atoms with Gasteiger partial charge in [0, 0.05) is 11.3 Å². The Balaban J connectivity index is 1.36. The molecular formula is C38H52O6. The Hall–Kier alpha value is -2.63. The van der Waals surface area contributed by atoms with Crippen LogP contribution in [0.3, 0.4) is 0 Å². The number of carbonyl (C=O) groups excluding carboxylic acids is 2. The van der Waals surface area contributed by atoms with E-state index in [1.165, 1.54) is 12.7 Å². The van der Waals surface area contributed by atoms with E-state index < -0.39 is 11.4 Å². The molecule has 1 N–H and O–H groups in total. The number of aromatic carboxylic acids is 1. The second-order valence-electron chi connectivity index (χ2n) is 17.0. The van der Waals surface area contributed by atoms with Gasteiger partial charge in [-0.15, -0.1) is 0 Å². The Morgan fingerprint density at radius 3 is 2.25 bits per heavy atom. The lowest BCUT2D eigenvalue weighted by Crippen LogP contribution is -2.67. The lowest BCUT2D eigenvalue weighted by molar-refractivity contribution is -0.199. The van der Waals surface area contributed by atoms with Crippen molar-refractivity contribution < 1.29 is 29.0 Å². The number of hydrogen-bond donors (Lipinski definition) is 1. The maximum Gasteiger partial charge on any atom is 0.339 e. The van der Waals surface area contributed by atoms with E-state index >= 15 is 0 Å². The molecular weight excluding hydrogens is 552 g/mol. The normalized spacial score (nSPS) is 44.2. The Bertz CT molecular complexity index is 1430. The number of hydrogen-bond acceptors (Lipinski definition) is 5. The van der Waals surface area contributed by atoms with Gasteiger partial charge in [-0.3, -0.25) is 9.59 Å². The molecule has 0 radical (unpaired) electrons. The first kappa shape index (κ1) is 31.4. The van der Waals surface area contributed by atoms with Gasteiger partial charge in [0.1, 0.15) is 17.4 Å². The minimum Gasteiger partial charge on any atom is -0.489 e. The number of rotatable bonds is 4. The van der Waals surface area contributed by atoms with Gasteiger partial charge in [0.15, 0.2) is 5.78 Å². The zero-order chi connectivity index (χ0) is 32.1. The third kappa shape index (κ3) is 4.14. The van der Waals surface area contributed by atoms with Gasteiger partial charge in [0.05, 0.1) is 12.5 Å². The molecule has 6 nitrogen and oxygen atoms in total. The minimum atomic E-state index is -0.982. The Morgan fingerprint density at radius 2 is 1.57 bits per heavy atom. The van der Waals surface area contributed by atoms with Crippen LogP contribution < -0.4 is 4.74 Å². The van der Waals surface area contributed by atoms with Crippen molar-refractivity contribution in [1.29, 1.82) is 0 Å². The fourth-order valence-electron chi connectivity index (χ4n) is 11.7. The third-order valence-corrected chi connectivity index (χ3v) is 14.6. The molecule has 0 saturated heterocycles. The SMILES string of the molecule is COC(=O)[C@@]1(C)CC[C@]2(C)CC[C@]3(C)C(=CC(=O)[C@@H]4[C@@]5(C)CC[C@@H](Oc6ccccc6C(=O)O)C(C)(C)[C@H]5CC[C@]43C)[C@@H]2C1. The van der Waals surface area contributed by atoms with Crippen LogP contribution in [-0.4, -0.2) is 36.0 Å². The van der Waals surface area contributed by atoms with Crippen LogP contribution in [0.2, 0.25) is 0 Å². The van der Waals surface area contributed by atoms with Crippen LogP contribution >= 0.6 is 0 Å². The zero-order valence-electron chi connectivity index (χ0n) is 28.0. The molecule has 6 rings (SSSR count). The third-order valence-electron chi connectivity index (χ3n) is 14.6. The molecule has 0 heterocycles. The van der Waals surface area contributed by atoms with Crippen LogP contribution in [0.5, 0.6) is 5.75 Å². The Kier molecular flexibility index (Phi) is 7.08. The Morgan fingerprint density at radius 1 is 0.886 bits per heavy atom. The number of methoxy groups -OCH3 is 1. The maximum atomic E-state index is 14.7. The van der Waals surface area contributed by atoms with Gasteiger partial charge >= 0.3 is 11.9 Å². The van der Waals surface area contributed by atoms with Crippen molar-refractivity contribution >= 4 is 17.7 Å². The average molecular weight is 605 g/mol. The summed E-state index contributed by atoms with van der Waals surface area (Å²) in [6.45, 7) is 16.2. The van der Waals surface area contributed by atoms with Gasteiger partial charge in [-0.25, -0.2) is 4.79 Å². The lowest BCUT2D eigenvalue weighted by Gasteiger charge is -2.70. The molecule has 0 aromatic heterocycles. The van der Waals surface area contributed by atoms with E-state index in [4.69, 9.17) is 9.47 Å². The molecule has 6 heteroatoms. The fraction of sp³-hybridized carbons (Fsp3) is 0.711. The van der Waals surface area contributed by atoms with Crippen LogP contribution in [0.1, 0.15) is 117 Å². The highest BCUT2D eigenvalue weighted by Gasteiger charge is 2.70. The van der Waals surface area contributed by atoms with E-state index in [0.717, 1.165) is 57.8 Å². The fourth-order valence-corrected chi connectivity index (χ4v) is 11.7. The molecule has 240 valence electrons. The highest BCUT2D eigenvalue weighted by Crippen LogP contribution is 2.75. The van der Waals surface area contributed by atoms with Crippen LogP contribution in [0.25, 0.3) is 0 Å². The smallest absolute Gasteiger partial charge is 0.339 e. The second kappa shape index (κ2) is 9.93. The number of esters is 1. The summed E-state index contributed by atoms with van der Waals surface area (Å²) in [5.41, 5.74) is 0.317. The minimum absolute atomic E-state index is 0.0889. The molecule has 0 unspecified atom stereocenters. The standard InChI is InChI=1S/C38H52O6/c1-33(2)28-13-16-38(7)30(36(28,5)15-14-29(33)44-27-12-10-9-11-23(27)31(40)41)26(39)21-24-25-22-35(4,32(42)43-8)18-17-34(25,3)19-20-37(24,38)6/h9-12,21,25,28-30H,13-20,22H2,1-8H3,(H,40,41)/t25-,28+,29+,30+,34+,35-,36-,37+,38+/m0/s1. The van der Waals surface area contributed by atoms with Gasteiger partial charge in [0.25, 0.3) is 0 Å². The van der Waals surface area contributed by atoms with Crippen LogP contribution in [0.15, 0.2) is 35.9 Å². The molecule has 0 bridgehead atoms. The molecule has 5 aliphatic rings. The second-order valence-corrected chi connectivity index (χ2v) is 17.0. The number of fused-ring (bicyclic) bond motifs is 7. The van der Waals surface area contributed by atoms with E-state index in [0.29, 0.717) is 5.75 Å². The highest BCUT2D eigenvalue weighted by molar-refractivity contribution is 5.96. The summed E-state index contributed by atoms with van der Waals surface area (Å²) < 4.78 is 11.8. The first-order valence-corrected chi connectivity index (χ1v) is 16.8. The first-order chi connectivity index (χ1) is 20.5. The first-order valence-electron chi connectivity index (χ1n) is 16.8. The summed E-state index contributed by atoms with van der Waals surface area (Å²) in [4.78, 5) is 39.6. The number of ether oxygens (including phenoxy) is 2.